The Balaban J connectivity index is 0.000000231. The molecule has 2 aromatic carbocycles. The lowest BCUT2D eigenvalue weighted by Gasteiger charge is -2.20. The van der Waals surface area contributed by atoms with Crippen LogP contribution in [0.2, 0.25) is 0 Å². The zero-order valence-corrected chi connectivity index (χ0v) is 14.8. The lowest BCUT2D eigenvalue weighted by Crippen LogP contribution is -2.21. The number of esters is 1. The van der Waals surface area contributed by atoms with Gasteiger partial charge in [-0.05, 0) is 52.0 Å². The van der Waals surface area contributed by atoms with E-state index in [-0.39, 0.29) is 5.97 Å². The minimum atomic E-state index is -0.283. The summed E-state index contributed by atoms with van der Waals surface area (Å²) in [7, 11) is 0. The summed E-state index contributed by atoms with van der Waals surface area (Å²) in [5.74, 6) is 0.317. The molecule has 0 aliphatic carbocycles. The smallest absolute Gasteiger partial charge is 0.308 e. The van der Waals surface area contributed by atoms with Gasteiger partial charge in [-0.1, -0.05) is 35.4 Å². The zero-order valence-electron chi connectivity index (χ0n) is 14.8. The van der Waals surface area contributed by atoms with Crippen LogP contribution in [0.5, 0.6) is 5.75 Å². The van der Waals surface area contributed by atoms with Crippen molar-refractivity contribution in [1.82, 2.24) is 0 Å². The van der Waals surface area contributed by atoms with Crippen molar-refractivity contribution in [3.63, 3.8) is 0 Å². The van der Waals surface area contributed by atoms with Crippen molar-refractivity contribution in [3.8, 4) is 5.75 Å². The molecule has 0 unspecified atom stereocenters. The molecule has 0 aliphatic heterocycles. The summed E-state index contributed by atoms with van der Waals surface area (Å²) in [6.07, 6.45) is 0. The third kappa shape index (κ3) is 7.00. The fourth-order valence-electron chi connectivity index (χ4n) is 2.12. The molecule has 2 aromatic rings. The molecule has 0 aliphatic rings. The molecular weight excluding hydrogens is 286 g/mol. The average molecular weight is 313 g/mol. The van der Waals surface area contributed by atoms with Crippen LogP contribution in [0.4, 0.5) is 5.69 Å². The van der Waals surface area contributed by atoms with E-state index in [1.54, 1.807) is 12.1 Å². The van der Waals surface area contributed by atoms with Crippen LogP contribution < -0.4 is 9.64 Å². The molecule has 0 N–H and O–H groups in total. The van der Waals surface area contributed by atoms with Gasteiger partial charge in [0.15, 0.2) is 0 Å². The molecule has 3 heteroatoms. The first kappa shape index (κ1) is 18.8. The Morgan fingerprint density at radius 3 is 1.70 bits per heavy atom. The van der Waals surface area contributed by atoms with E-state index in [4.69, 9.17) is 4.74 Å². The summed E-state index contributed by atoms with van der Waals surface area (Å²) < 4.78 is 4.83. The third-order valence-electron chi connectivity index (χ3n) is 3.45. The summed E-state index contributed by atoms with van der Waals surface area (Å²) in [6, 6.07) is 16.0. The van der Waals surface area contributed by atoms with Crippen LogP contribution in [0.25, 0.3) is 0 Å². The minimum Gasteiger partial charge on any atom is -0.427 e. The number of nitrogens with zero attached hydrogens (tertiary/aromatic N) is 1. The van der Waals surface area contributed by atoms with Gasteiger partial charge in [-0.3, -0.25) is 4.79 Å². The standard InChI is InChI=1S/C11H17N.C9H10O2/c1-4-12(5-2)11-8-6-10(3)7-9-11;1-7-3-5-9(6-4-7)11-8(2)10/h6-9H,4-5H2,1-3H3;3-6H,1-2H3. The van der Waals surface area contributed by atoms with Crippen LogP contribution in [-0.4, -0.2) is 19.1 Å². The Kier molecular flexibility index (Phi) is 7.89. The number of ether oxygens (including phenoxy) is 1. The van der Waals surface area contributed by atoms with Gasteiger partial charge in [-0.2, -0.15) is 0 Å². The predicted molar refractivity (Wildman–Crippen MR) is 97.2 cm³/mol. The molecule has 0 aromatic heterocycles. The molecule has 0 saturated carbocycles. The molecule has 23 heavy (non-hydrogen) atoms. The van der Waals surface area contributed by atoms with Gasteiger partial charge in [-0.25, -0.2) is 0 Å². The molecule has 0 heterocycles. The third-order valence-corrected chi connectivity index (χ3v) is 3.45. The summed E-state index contributed by atoms with van der Waals surface area (Å²) in [4.78, 5) is 12.8. The van der Waals surface area contributed by atoms with Crippen molar-refractivity contribution in [1.29, 1.82) is 0 Å². The van der Waals surface area contributed by atoms with Crippen molar-refractivity contribution in [2.75, 3.05) is 18.0 Å². The van der Waals surface area contributed by atoms with Crippen LogP contribution in [0, 0.1) is 13.8 Å². The molecule has 2 rings (SSSR count). The van der Waals surface area contributed by atoms with E-state index in [1.165, 1.54) is 18.2 Å². The maximum absolute atomic E-state index is 10.5. The lowest BCUT2D eigenvalue weighted by molar-refractivity contribution is -0.131. The Bertz CT molecular complexity index is 584. The van der Waals surface area contributed by atoms with Gasteiger partial charge in [0.2, 0.25) is 0 Å². The van der Waals surface area contributed by atoms with E-state index in [9.17, 15) is 4.79 Å². The Labute approximate surface area is 139 Å². The molecule has 0 bridgehead atoms. The van der Waals surface area contributed by atoms with Gasteiger partial charge >= 0.3 is 5.97 Å². The number of hydrogen-bond donors (Lipinski definition) is 0. The molecule has 0 saturated heterocycles. The van der Waals surface area contributed by atoms with Crippen LogP contribution in [0.3, 0.4) is 0 Å². The van der Waals surface area contributed by atoms with Crippen LogP contribution >= 0.6 is 0 Å². The maximum Gasteiger partial charge on any atom is 0.308 e. The SMILES string of the molecule is CC(=O)Oc1ccc(C)cc1.CCN(CC)c1ccc(C)cc1. The Morgan fingerprint density at radius 2 is 1.30 bits per heavy atom. The van der Waals surface area contributed by atoms with Gasteiger partial charge in [0.05, 0.1) is 0 Å². The molecular formula is C20H27NO2. The molecule has 0 amide bonds. The quantitative estimate of drug-likeness (QED) is 0.602. The van der Waals surface area contributed by atoms with Gasteiger partial charge < -0.3 is 9.64 Å². The van der Waals surface area contributed by atoms with Gasteiger partial charge in [0.1, 0.15) is 5.75 Å². The molecule has 0 radical (unpaired) electrons. The van der Waals surface area contributed by atoms with E-state index in [1.807, 2.05) is 19.1 Å². The molecule has 3 nitrogen and oxygen atoms in total. The fraction of sp³-hybridized carbons (Fsp3) is 0.350. The summed E-state index contributed by atoms with van der Waals surface area (Å²) >= 11 is 0. The highest BCUT2D eigenvalue weighted by Crippen LogP contribution is 2.14. The number of hydrogen-bond acceptors (Lipinski definition) is 3. The monoisotopic (exact) mass is 313 g/mol. The molecule has 0 fully saturated rings. The summed E-state index contributed by atoms with van der Waals surface area (Å²) in [6.45, 7) is 12.0. The van der Waals surface area contributed by atoms with E-state index >= 15 is 0 Å². The Hall–Kier alpha value is -2.29. The molecule has 0 atom stereocenters. The van der Waals surface area contributed by atoms with Crippen LogP contribution in [0.15, 0.2) is 48.5 Å². The number of carbonyl (C=O) groups excluding carboxylic acids is 1. The highest BCUT2D eigenvalue weighted by atomic mass is 16.5. The van der Waals surface area contributed by atoms with E-state index < -0.39 is 0 Å². The maximum atomic E-state index is 10.5. The zero-order chi connectivity index (χ0) is 17.2. The van der Waals surface area contributed by atoms with Gasteiger partial charge in [-0.15, -0.1) is 0 Å². The van der Waals surface area contributed by atoms with Crippen molar-refractivity contribution < 1.29 is 9.53 Å². The van der Waals surface area contributed by atoms with Crippen molar-refractivity contribution >= 4 is 11.7 Å². The minimum absolute atomic E-state index is 0.283. The van der Waals surface area contributed by atoms with Crippen molar-refractivity contribution in [2.45, 2.75) is 34.6 Å². The average Bonchev–Trinajstić information content (AvgIpc) is 2.53. The van der Waals surface area contributed by atoms with E-state index in [0.717, 1.165) is 18.7 Å². The normalized spacial score (nSPS) is 9.61. The number of benzene rings is 2. The first-order chi connectivity index (χ1) is 11.0. The predicted octanol–water partition coefficient (Wildman–Crippen LogP) is 4.76. The van der Waals surface area contributed by atoms with Gasteiger partial charge in [0, 0.05) is 25.7 Å². The largest absolute Gasteiger partial charge is 0.427 e. The second-order valence-corrected chi connectivity index (χ2v) is 5.41. The first-order valence-corrected chi connectivity index (χ1v) is 8.03. The van der Waals surface area contributed by atoms with Crippen molar-refractivity contribution in [2.24, 2.45) is 0 Å². The fourth-order valence-corrected chi connectivity index (χ4v) is 2.12. The number of anilines is 1. The second-order valence-electron chi connectivity index (χ2n) is 5.41. The van der Waals surface area contributed by atoms with E-state index in [2.05, 4.69) is 49.9 Å². The highest BCUT2D eigenvalue weighted by molar-refractivity contribution is 5.69. The molecule has 0 spiro atoms. The van der Waals surface area contributed by atoms with Crippen LogP contribution in [0.1, 0.15) is 31.9 Å². The number of aryl methyl sites for hydroxylation is 2. The second kappa shape index (κ2) is 9.67. The first-order valence-electron chi connectivity index (χ1n) is 8.03. The number of rotatable bonds is 4. The summed E-state index contributed by atoms with van der Waals surface area (Å²) in [5, 5.41) is 0. The molecule has 124 valence electrons. The highest BCUT2D eigenvalue weighted by Gasteiger charge is 1.99. The van der Waals surface area contributed by atoms with E-state index in [0.29, 0.717) is 5.75 Å². The topological polar surface area (TPSA) is 29.5 Å². The number of carbonyl (C=O) groups is 1. The Morgan fingerprint density at radius 1 is 0.870 bits per heavy atom. The van der Waals surface area contributed by atoms with Crippen LogP contribution in [-0.2, 0) is 4.79 Å². The van der Waals surface area contributed by atoms with Gasteiger partial charge in [0.25, 0.3) is 0 Å². The summed E-state index contributed by atoms with van der Waals surface area (Å²) in [5.41, 5.74) is 3.80. The van der Waals surface area contributed by atoms with Crippen molar-refractivity contribution in [3.05, 3.63) is 59.7 Å². The lowest BCUT2D eigenvalue weighted by atomic mass is 10.2.